The number of amides is 1. The van der Waals surface area contributed by atoms with Gasteiger partial charge in [0, 0.05) is 23.7 Å². The summed E-state index contributed by atoms with van der Waals surface area (Å²) in [4.78, 5) is 15.6. The van der Waals surface area contributed by atoms with Crippen molar-refractivity contribution in [3.8, 4) is 0 Å². The summed E-state index contributed by atoms with van der Waals surface area (Å²) in [6.45, 7) is 6.65. The molecule has 26 heavy (non-hydrogen) atoms. The highest BCUT2D eigenvalue weighted by molar-refractivity contribution is 7.89. The third kappa shape index (κ3) is 5.65. The topological polar surface area (TPSA) is 92.5 Å². The smallest absolute Gasteiger partial charge is 0.241 e. The summed E-state index contributed by atoms with van der Waals surface area (Å²) in [5.74, 6) is -0.210. The fourth-order valence-corrected chi connectivity index (χ4v) is 3.93. The van der Waals surface area contributed by atoms with Gasteiger partial charge in [0.05, 0.1) is 15.3 Å². The molecule has 9 heteroatoms. The minimum Gasteiger partial charge on any atom is -0.325 e. The van der Waals surface area contributed by atoms with Gasteiger partial charge in [-0.15, -0.1) is 17.9 Å². The molecule has 0 aliphatic carbocycles. The molecule has 6 nitrogen and oxygen atoms in total. The fourth-order valence-electron chi connectivity index (χ4n) is 2.30. The summed E-state index contributed by atoms with van der Waals surface area (Å²) in [6.07, 6.45) is 1.74. The van der Waals surface area contributed by atoms with Crippen LogP contribution in [0.5, 0.6) is 0 Å². The van der Waals surface area contributed by atoms with Crippen molar-refractivity contribution in [1.29, 1.82) is 0 Å². The van der Waals surface area contributed by atoms with Gasteiger partial charge < -0.3 is 5.32 Å². The van der Waals surface area contributed by atoms with Gasteiger partial charge in [-0.25, -0.2) is 13.6 Å². The van der Waals surface area contributed by atoms with E-state index in [0.717, 1.165) is 4.88 Å². The van der Waals surface area contributed by atoms with Crippen LogP contribution in [-0.2, 0) is 21.4 Å². The van der Waals surface area contributed by atoms with Crippen molar-refractivity contribution in [3.63, 3.8) is 0 Å². The van der Waals surface area contributed by atoms with Crippen LogP contribution in [0.3, 0.4) is 0 Å². The maximum absolute atomic E-state index is 12.6. The van der Waals surface area contributed by atoms with Gasteiger partial charge in [0.25, 0.3) is 0 Å². The summed E-state index contributed by atoms with van der Waals surface area (Å²) in [5.41, 5.74) is 0.493. The molecule has 1 aromatic heterocycles. The molecule has 0 aliphatic rings. The van der Waals surface area contributed by atoms with Crippen LogP contribution < -0.4 is 10.5 Å². The summed E-state index contributed by atoms with van der Waals surface area (Å²) >= 11 is 7.43. The van der Waals surface area contributed by atoms with Crippen molar-refractivity contribution in [2.75, 3.05) is 11.9 Å². The molecule has 0 spiro atoms. The molecule has 0 aliphatic heterocycles. The van der Waals surface area contributed by atoms with Gasteiger partial charge in [0.2, 0.25) is 15.9 Å². The van der Waals surface area contributed by atoms with Crippen LogP contribution in [0.4, 0.5) is 5.69 Å². The van der Waals surface area contributed by atoms with E-state index < -0.39 is 16.1 Å². The van der Waals surface area contributed by atoms with Crippen LogP contribution in [0.1, 0.15) is 11.8 Å². The third-order valence-electron chi connectivity index (χ3n) is 3.73. The molecule has 0 saturated carbocycles. The second kappa shape index (κ2) is 8.79. The average molecular weight is 414 g/mol. The molecule has 0 saturated heterocycles. The summed E-state index contributed by atoms with van der Waals surface area (Å²) < 4.78 is 23.3. The summed E-state index contributed by atoms with van der Waals surface area (Å²) in [7, 11) is -3.76. The number of hydrogen-bond acceptors (Lipinski definition) is 5. The molecule has 0 unspecified atom stereocenters. The molecule has 0 radical (unpaired) electrons. The lowest BCUT2D eigenvalue weighted by Gasteiger charge is -2.26. The molecule has 2 aromatic rings. The van der Waals surface area contributed by atoms with Crippen LogP contribution in [-0.4, -0.2) is 31.8 Å². The molecular formula is C17H20ClN3O3S2. The van der Waals surface area contributed by atoms with E-state index in [-0.39, 0.29) is 10.8 Å². The number of nitrogens with two attached hydrogens (primary N) is 1. The second-order valence-electron chi connectivity index (χ2n) is 5.66. The van der Waals surface area contributed by atoms with Gasteiger partial charge in [-0.1, -0.05) is 17.7 Å². The Labute approximate surface area is 162 Å². The first kappa shape index (κ1) is 20.6. The molecule has 1 atom stereocenters. The average Bonchev–Trinajstić information content (AvgIpc) is 2.98. The minimum absolute atomic E-state index is 0.00796. The van der Waals surface area contributed by atoms with E-state index in [0.29, 0.717) is 23.1 Å². The number of carbonyl (C=O) groups is 1. The number of anilines is 1. The zero-order valence-corrected chi connectivity index (χ0v) is 16.6. The van der Waals surface area contributed by atoms with Gasteiger partial charge in [0.1, 0.15) is 0 Å². The number of nitrogens with one attached hydrogen (secondary N) is 1. The number of sulfonamides is 1. The number of carbonyl (C=O) groups excluding carboxylic acids is 1. The lowest BCUT2D eigenvalue weighted by molar-refractivity contribution is -0.120. The molecule has 1 amide bonds. The van der Waals surface area contributed by atoms with Crippen LogP contribution in [0, 0.1) is 0 Å². The van der Waals surface area contributed by atoms with Crippen LogP contribution >= 0.6 is 22.9 Å². The first-order valence-electron chi connectivity index (χ1n) is 7.73. The van der Waals surface area contributed by atoms with Gasteiger partial charge in [0.15, 0.2) is 0 Å². The van der Waals surface area contributed by atoms with E-state index >= 15 is 0 Å². The Balaban J connectivity index is 2.06. The molecule has 0 fully saturated rings. The van der Waals surface area contributed by atoms with Crippen molar-refractivity contribution in [2.45, 2.75) is 24.4 Å². The quantitative estimate of drug-likeness (QED) is 0.650. The lowest BCUT2D eigenvalue weighted by atomic mass is 10.2. The number of hydrogen-bond donors (Lipinski definition) is 2. The Morgan fingerprint density at radius 3 is 2.50 bits per heavy atom. The van der Waals surface area contributed by atoms with E-state index in [2.05, 4.69) is 11.9 Å². The predicted molar refractivity (Wildman–Crippen MR) is 106 cm³/mol. The maximum Gasteiger partial charge on any atom is 0.241 e. The Hall–Kier alpha value is -1.71. The van der Waals surface area contributed by atoms with Crippen molar-refractivity contribution in [1.82, 2.24) is 4.90 Å². The van der Waals surface area contributed by atoms with Gasteiger partial charge in [-0.2, -0.15) is 0 Å². The molecule has 140 valence electrons. The van der Waals surface area contributed by atoms with E-state index in [4.69, 9.17) is 16.7 Å². The number of primary sulfonamides is 1. The first-order valence-corrected chi connectivity index (χ1v) is 10.5. The minimum atomic E-state index is -3.76. The van der Waals surface area contributed by atoms with E-state index in [1.165, 1.54) is 35.6 Å². The van der Waals surface area contributed by atoms with E-state index in [9.17, 15) is 13.2 Å². The fraction of sp³-hybridized carbons (Fsp3) is 0.235. The lowest BCUT2D eigenvalue weighted by Crippen LogP contribution is -2.41. The molecular weight excluding hydrogens is 394 g/mol. The molecule has 1 aromatic carbocycles. The highest BCUT2D eigenvalue weighted by Gasteiger charge is 2.21. The Morgan fingerprint density at radius 1 is 1.35 bits per heavy atom. The van der Waals surface area contributed by atoms with E-state index in [1.807, 2.05) is 17.0 Å². The van der Waals surface area contributed by atoms with Crippen molar-refractivity contribution in [2.24, 2.45) is 5.14 Å². The number of benzene rings is 1. The Bertz CT molecular complexity index is 879. The number of nitrogens with zero attached hydrogens (tertiary/aromatic N) is 1. The highest BCUT2D eigenvalue weighted by Crippen LogP contribution is 2.23. The summed E-state index contributed by atoms with van der Waals surface area (Å²) in [5, 5.41) is 7.84. The van der Waals surface area contributed by atoms with Crippen LogP contribution in [0.25, 0.3) is 0 Å². The zero-order chi connectivity index (χ0) is 19.3. The normalized spacial score (nSPS) is 12.8. The second-order valence-corrected chi connectivity index (χ2v) is 9.02. The SMILES string of the molecule is C=CCN(Cc1ccc(Cl)s1)[C@@H](C)C(=O)Nc1ccc(S(N)(=O)=O)cc1. The van der Waals surface area contributed by atoms with Crippen LogP contribution in [0.2, 0.25) is 4.34 Å². The van der Waals surface area contributed by atoms with Crippen molar-refractivity contribution < 1.29 is 13.2 Å². The largest absolute Gasteiger partial charge is 0.325 e. The monoisotopic (exact) mass is 413 g/mol. The Morgan fingerprint density at radius 2 is 2.00 bits per heavy atom. The van der Waals surface area contributed by atoms with Crippen LogP contribution in [0.15, 0.2) is 53.9 Å². The standard InChI is InChI=1S/C17H20ClN3O3S2/c1-3-10-21(11-14-6-9-16(18)25-14)12(2)17(22)20-13-4-7-15(8-5-13)26(19,23)24/h3-9,12H,1,10-11H2,2H3,(H,20,22)(H2,19,23,24)/t12-/m0/s1. The van der Waals surface area contributed by atoms with Crippen molar-refractivity contribution >= 4 is 44.6 Å². The highest BCUT2D eigenvalue weighted by atomic mass is 35.5. The number of halogens is 1. The zero-order valence-electron chi connectivity index (χ0n) is 14.2. The molecule has 3 N–H and O–H groups in total. The number of thiophene rings is 1. The molecule has 0 bridgehead atoms. The first-order chi connectivity index (χ1) is 12.2. The summed E-state index contributed by atoms with van der Waals surface area (Å²) in [6, 6.07) is 9.04. The van der Waals surface area contributed by atoms with E-state index in [1.54, 1.807) is 13.0 Å². The third-order valence-corrected chi connectivity index (χ3v) is 5.87. The predicted octanol–water partition coefficient (Wildman–Crippen LogP) is 3.06. The Kier molecular flexibility index (Phi) is 6.96. The van der Waals surface area contributed by atoms with Crippen molar-refractivity contribution in [3.05, 3.63) is 58.3 Å². The van der Waals surface area contributed by atoms with Gasteiger partial charge in [-0.3, -0.25) is 9.69 Å². The van der Waals surface area contributed by atoms with Gasteiger partial charge >= 0.3 is 0 Å². The molecule has 2 rings (SSSR count). The van der Waals surface area contributed by atoms with Gasteiger partial charge in [-0.05, 0) is 43.3 Å². The number of rotatable bonds is 8. The molecule has 1 heterocycles. The maximum atomic E-state index is 12.6.